The van der Waals surface area contributed by atoms with Crippen molar-refractivity contribution in [3.63, 3.8) is 0 Å². The largest absolute Gasteiger partial charge is 0.396 e. The fourth-order valence-corrected chi connectivity index (χ4v) is 2.84. The molecule has 19 heavy (non-hydrogen) atoms. The third-order valence-corrected chi connectivity index (χ3v) is 5.10. The summed E-state index contributed by atoms with van der Waals surface area (Å²) in [6.45, 7) is 2.14. The molecule has 0 amide bonds. The standard InChI is InChI=1S/C11H16F2N2O2S2/c1-7(18-2)3-4-15-19(16,17)11-6-10(14)8(12)5-9(11)13/h5-7,15H,3-4,14H2,1-2H3. The van der Waals surface area contributed by atoms with Gasteiger partial charge in [0.1, 0.15) is 16.5 Å². The summed E-state index contributed by atoms with van der Waals surface area (Å²) in [4.78, 5) is -0.636. The Morgan fingerprint density at radius 1 is 1.37 bits per heavy atom. The van der Waals surface area contributed by atoms with Gasteiger partial charge >= 0.3 is 0 Å². The van der Waals surface area contributed by atoms with Crippen molar-refractivity contribution in [1.82, 2.24) is 4.72 Å². The van der Waals surface area contributed by atoms with Crippen LogP contribution in [0.2, 0.25) is 0 Å². The van der Waals surface area contributed by atoms with Gasteiger partial charge in [0, 0.05) is 17.9 Å². The molecule has 1 aromatic rings. The van der Waals surface area contributed by atoms with Gasteiger partial charge in [-0.2, -0.15) is 11.8 Å². The lowest BCUT2D eigenvalue weighted by atomic mass is 10.3. The van der Waals surface area contributed by atoms with E-state index < -0.39 is 32.2 Å². The maximum atomic E-state index is 13.5. The maximum absolute atomic E-state index is 13.5. The molecule has 0 saturated heterocycles. The number of nitrogens with two attached hydrogens (primary N) is 1. The molecule has 0 spiro atoms. The second-order valence-electron chi connectivity index (χ2n) is 4.04. The number of sulfonamides is 1. The lowest BCUT2D eigenvalue weighted by Crippen LogP contribution is -2.27. The summed E-state index contributed by atoms with van der Waals surface area (Å²) in [5.41, 5.74) is 4.84. The average molecular weight is 310 g/mol. The van der Waals surface area contributed by atoms with Crippen molar-refractivity contribution in [2.45, 2.75) is 23.5 Å². The van der Waals surface area contributed by atoms with Crippen LogP contribution in [0.4, 0.5) is 14.5 Å². The monoisotopic (exact) mass is 310 g/mol. The predicted octanol–water partition coefficient (Wildman–Crippen LogP) is 1.97. The molecule has 0 fully saturated rings. The minimum Gasteiger partial charge on any atom is -0.396 e. The number of nitrogen functional groups attached to an aromatic ring is 1. The van der Waals surface area contributed by atoms with Crippen molar-refractivity contribution in [3.05, 3.63) is 23.8 Å². The van der Waals surface area contributed by atoms with Gasteiger partial charge < -0.3 is 5.73 Å². The second-order valence-corrected chi connectivity index (χ2v) is 7.05. The molecule has 0 aliphatic heterocycles. The summed E-state index contributed by atoms with van der Waals surface area (Å²) in [6, 6.07) is 1.25. The molecule has 0 heterocycles. The van der Waals surface area contributed by atoms with E-state index in [0.717, 1.165) is 6.07 Å². The van der Waals surface area contributed by atoms with Crippen LogP contribution in [0.15, 0.2) is 17.0 Å². The van der Waals surface area contributed by atoms with Crippen molar-refractivity contribution in [2.75, 3.05) is 18.5 Å². The number of rotatable bonds is 6. The van der Waals surface area contributed by atoms with Gasteiger partial charge in [0.2, 0.25) is 10.0 Å². The van der Waals surface area contributed by atoms with E-state index >= 15 is 0 Å². The van der Waals surface area contributed by atoms with Crippen LogP contribution in [0, 0.1) is 11.6 Å². The smallest absolute Gasteiger partial charge is 0.243 e. The molecular formula is C11H16F2N2O2S2. The first-order valence-corrected chi connectivity index (χ1v) is 8.32. The Kier molecular flexibility index (Phi) is 5.57. The van der Waals surface area contributed by atoms with E-state index in [0.29, 0.717) is 12.5 Å². The molecule has 1 atom stereocenters. The Hall–Kier alpha value is -0.860. The molecule has 0 saturated carbocycles. The highest BCUT2D eigenvalue weighted by Gasteiger charge is 2.21. The van der Waals surface area contributed by atoms with Gasteiger partial charge in [-0.15, -0.1) is 0 Å². The average Bonchev–Trinajstić information content (AvgIpc) is 2.33. The number of hydrogen-bond donors (Lipinski definition) is 2. The zero-order valence-corrected chi connectivity index (χ0v) is 12.2. The van der Waals surface area contributed by atoms with Gasteiger partial charge in [0.25, 0.3) is 0 Å². The number of benzene rings is 1. The second kappa shape index (κ2) is 6.53. The van der Waals surface area contributed by atoms with E-state index in [1.165, 1.54) is 0 Å². The van der Waals surface area contributed by atoms with Gasteiger partial charge in [0.15, 0.2) is 0 Å². The topological polar surface area (TPSA) is 72.2 Å². The van der Waals surface area contributed by atoms with Gasteiger partial charge in [0.05, 0.1) is 5.69 Å². The third-order valence-electron chi connectivity index (χ3n) is 2.59. The summed E-state index contributed by atoms with van der Waals surface area (Å²) < 4.78 is 52.4. The summed E-state index contributed by atoms with van der Waals surface area (Å²) >= 11 is 1.60. The predicted molar refractivity (Wildman–Crippen MR) is 73.6 cm³/mol. The lowest BCUT2D eigenvalue weighted by molar-refractivity contribution is 0.544. The molecule has 1 rings (SSSR count). The summed E-state index contributed by atoms with van der Waals surface area (Å²) in [6.07, 6.45) is 2.53. The Bertz CT molecular complexity index is 550. The van der Waals surface area contributed by atoms with Crippen LogP contribution in [-0.2, 0) is 10.0 Å². The van der Waals surface area contributed by atoms with Crippen LogP contribution in [0.3, 0.4) is 0 Å². The fourth-order valence-electron chi connectivity index (χ4n) is 1.34. The number of anilines is 1. The van der Waals surface area contributed by atoms with Gasteiger partial charge in [-0.1, -0.05) is 6.92 Å². The van der Waals surface area contributed by atoms with E-state index in [1.807, 2.05) is 13.2 Å². The van der Waals surface area contributed by atoms with Crippen molar-refractivity contribution >= 4 is 27.5 Å². The molecule has 8 heteroatoms. The quantitative estimate of drug-likeness (QED) is 0.788. The molecule has 0 bridgehead atoms. The van der Waals surface area contributed by atoms with E-state index in [1.54, 1.807) is 11.8 Å². The van der Waals surface area contributed by atoms with E-state index in [4.69, 9.17) is 5.73 Å². The zero-order valence-electron chi connectivity index (χ0n) is 10.6. The van der Waals surface area contributed by atoms with Gasteiger partial charge in [-0.05, 0) is 18.7 Å². The first-order chi connectivity index (χ1) is 8.77. The molecular weight excluding hydrogens is 294 g/mol. The SMILES string of the molecule is CSC(C)CCNS(=O)(=O)c1cc(N)c(F)cc1F. The number of thioether (sulfide) groups is 1. The Balaban J connectivity index is 2.86. The van der Waals surface area contributed by atoms with Crippen molar-refractivity contribution in [2.24, 2.45) is 0 Å². The van der Waals surface area contributed by atoms with Crippen LogP contribution >= 0.6 is 11.8 Å². The van der Waals surface area contributed by atoms with E-state index in [9.17, 15) is 17.2 Å². The van der Waals surface area contributed by atoms with Crippen LogP contribution in [-0.4, -0.2) is 26.5 Å². The highest BCUT2D eigenvalue weighted by Crippen LogP contribution is 2.21. The lowest BCUT2D eigenvalue weighted by Gasteiger charge is -2.11. The molecule has 3 N–H and O–H groups in total. The Labute approximate surface area is 115 Å². The normalized spacial score (nSPS) is 13.5. The van der Waals surface area contributed by atoms with Crippen molar-refractivity contribution in [1.29, 1.82) is 0 Å². The Morgan fingerprint density at radius 2 is 2.00 bits per heavy atom. The molecule has 0 radical (unpaired) electrons. The number of nitrogens with one attached hydrogen (secondary N) is 1. The first kappa shape index (κ1) is 16.2. The minimum absolute atomic E-state index is 0.182. The Morgan fingerprint density at radius 3 is 2.58 bits per heavy atom. The van der Waals surface area contributed by atoms with E-state index in [2.05, 4.69) is 4.72 Å². The van der Waals surface area contributed by atoms with Crippen LogP contribution < -0.4 is 10.5 Å². The van der Waals surface area contributed by atoms with Crippen LogP contribution in [0.5, 0.6) is 0 Å². The molecule has 0 aromatic heterocycles. The maximum Gasteiger partial charge on any atom is 0.243 e. The molecule has 4 nitrogen and oxygen atoms in total. The molecule has 108 valence electrons. The number of hydrogen-bond acceptors (Lipinski definition) is 4. The first-order valence-electron chi connectivity index (χ1n) is 5.55. The van der Waals surface area contributed by atoms with Crippen LogP contribution in [0.25, 0.3) is 0 Å². The molecule has 1 aromatic carbocycles. The van der Waals surface area contributed by atoms with Crippen molar-refractivity contribution < 1.29 is 17.2 Å². The highest BCUT2D eigenvalue weighted by molar-refractivity contribution is 7.99. The molecule has 0 aliphatic rings. The fraction of sp³-hybridized carbons (Fsp3) is 0.455. The molecule has 1 unspecified atom stereocenters. The summed E-state index contributed by atoms with van der Waals surface area (Å²) in [5.74, 6) is -2.13. The van der Waals surface area contributed by atoms with Gasteiger partial charge in [-0.3, -0.25) is 0 Å². The number of halogens is 2. The van der Waals surface area contributed by atoms with Crippen molar-refractivity contribution in [3.8, 4) is 0 Å². The third kappa shape index (κ3) is 4.32. The molecule has 0 aliphatic carbocycles. The zero-order chi connectivity index (χ0) is 14.6. The van der Waals surface area contributed by atoms with Crippen LogP contribution in [0.1, 0.15) is 13.3 Å². The van der Waals surface area contributed by atoms with Gasteiger partial charge in [-0.25, -0.2) is 21.9 Å². The summed E-state index contributed by atoms with van der Waals surface area (Å²) in [5, 5.41) is 0.283. The van der Waals surface area contributed by atoms with E-state index in [-0.39, 0.29) is 11.8 Å². The highest BCUT2D eigenvalue weighted by atomic mass is 32.2. The summed E-state index contributed by atoms with van der Waals surface area (Å²) in [7, 11) is -4.02. The minimum atomic E-state index is -4.02.